The highest BCUT2D eigenvalue weighted by Gasteiger charge is 2.31. The van der Waals surface area contributed by atoms with Crippen molar-refractivity contribution < 1.29 is 9.53 Å². The summed E-state index contributed by atoms with van der Waals surface area (Å²) in [6.45, 7) is 1.88. The van der Waals surface area contributed by atoms with Crippen LogP contribution in [0.4, 0.5) is 4.79 Å². The van der Waals surface area contributed by atoms with Crippen LogP contribution in [-0.4, -0.2) is 15.6 Å². The summed E-state index contributed by atoms with van der Waals surface area (Å²) in [5.74, 6) is 0. The van der Waals surface area contributed by atoms with Crippen molar-refractivity contribution in [2.45, 2.75) is 25.4 Å². The number of carbonyl (C=O) groups is 1. The first-order chi connectivity index (χ1) is 10.5. The fourth-order valence-electron chi connectivity index (χ4n) is 2.44. The minimum atomic E-state index is -0.780. The van der Waals surface area contributed by atoms with Crippen LogP contribution >= 0.6 is 23.6 Å². The Morgan fingerprint density at radius 3 is 1.73 bits per heavy atom. The lowest BCUT2D eigenvalue weighted by atomic mass is 9.89. The Morgan fingerprint density at radius 1 is 0.955 bits per heavy atom. The van der Waals surface area contributed by atoms with Gasteiger partial charge in [0.25, 0.3) is 0 Å². The molecule has 0 bridgehead atoms. The topological polar surface area (TPSA) is 29.5 Å². The van der Waals surface area contributed by atoms with E-state index in [1.807, 2.05) is 67.6 Å². The number of hydrogen-bond donors (Lipinski definition) is 0. The third kappa shape index (κ3) is 4.93. The van der Waals surface area contributed by atoms with Crippen molar-refractivity contribution in [3.05, 3.63) is 71.8 Å². The van der Waals surface area contributed by atoms with E-state index in [0.29, 0.717) is 16.8 Å². The van der Waals surface area contributed by atoms with E-state index in [1.165, 1.54) is 0 Å². The molecule has 22 heavy (non-hydrogen) atoms. The first-order valence-electron chi connectivity index (χ1n) is 6.91. The molecule has 1 amide bonds. The molecule has 0 N–H and O–H groups in total. The fraction of sp³-hybridized carbons (Fsp3) is 0.235. The van der Waals surface area contributed by atoms with E-state index < -0.39 is 11.7 Å². The number of amides is 1. The van der Waals surface area contributed by atoms with Gasteiger partial charge in [-0.15, -0.1) is 3.94 Å². The summed E-state index contributed by atoms with van der Waals surface area (Å²) in [4.78, 5) is 11.8. The van der Waals surface area contributed by atoms with Gasteiger partial charge in [-0.3, -0.25) is 0 Å². The van der Waals surface area contributed by atoms with Gasteiger partial charge in [-0.05, 0) is 18.1 Å². The molecule has 0 unspecified atom stereocenters. The van der Waals surface area contributed by atoms with Gasteiger partial charge in [0.2, 0.25) is 0 Å². The molecule has 116 valence electrons. The van der Waals surface area contributed by atoms with Crippen LogP contribution in [0.15, 0.2) is 60.7 Å². The van der Waals surface area contributed by atoms with Crippen LogP contribution in [-0.2, 0) is 17.6 Å². The smallest absolute Gasteiger partial charge is 0.440 e. The normalized spacial score (nSPS) is 11.0. The quantitative estimate of drug-likeness (QED) is 0.720. The van der Waals surface area contributed by atoms with Crippen molar-refractivity contribution in [3.8, 4) is 0 Å². The Hall–Kier alpha value is -1.71. The molecule has 0 aromatic heterocycles. The van der Waals surface area contributed by atoms with Gasteiger partial charge in [0.05, 0.1) is 0 Å². The Labute approximate surface area is 140 Å². The van der Waals surface area contributed by atoms with E-state index in [4.69, 9.17) is 28.3 Å². The second-order valence-electron chi connectivity index (χ2n) is 5.38. The van der Waals surface area contributed by atoms with E-state index in [9.17, 15) is 4.79 Å². The molecule has 0 saturated carbocycles. The molecule has 0 radical (unpaired) electrons. The largest absolute Gasteiger partial charge is 0.441 e. The molecule has 0 aliphatic rings. The molecule has 3 nitrogen and oxygen atoms in total. The number of hydrogen-bond acceptors (Lipinski definition) is 2. The van der Waals surface area contributed by atoms with Gasteiger partial charge >= 0.3 is 6.09 Å². The summed E-state index contributed by atoms with van der Waals surface area (Å²) in [6.07, 6.45) is 0.351. The second kappa shape index (κ2) is 7.52. The Balaban J connectivity index is 2.21. The van der Waals surface area contributed by atoms with Crippen molar-refractivity contribution in [3.63, 3.8) is 0 Å². The summed E-state index contributed by atoms with van der Waals surface area (Å²) in [5, 5.41) is 0. The Morgan fingerprint density at radius 2 is 1.36 bits per heavy atom. The lowest BCUT2D eigenvalue weighted by Gasteiger charge is -2.30. The first-order valence-corrected chi connectivity index (χ1v) is 7.59. The maximum atomic E-state index is 11.8. The molecule has 2 rings (SSSR count). The zero-order valence-electron chi connectivity index (χ0n) is 12.2. The average molecular weight is 338 g/mol. The van der Waals surface area contributed by atoms with E-state index in [-0.39, 0.29) is 0 Å². The summed E-state index contributed by atoms with van der Waals surface area (Å²) in [5.41, 5.74) is 1.40. The summed E-state index contributed by atoms with van der Waals surface area (Å²) in [6, 6.07) is 19.7. The van der Waals surface area contributed by atoms with Gasteiger partial charge < -0.3 is 4.74 Å². The van der Waals surface area contributed by atoms with Gasteiger partial charge in [-0.1, -0.05) is 60.7 Å². The molecule has 5 heteroatoms. The van der Waals surface area contributed by atoms with Crippen LogP contribution in [0.3, 0.4) is 0 Å². The average Bonchev–Trinajstić information content (AvgIpc) is 2.48. The van der Waals surface area contributed by atoms with E-state index in [1.54, 1.807) is 0 Å². The van der Waals surface area contributed by atoms with E-state index in [0.717, 1.165) is 11.1 Å². The molecule has 0 spiro atoms. The van der Waals surface area contributed by atoms with Gasteiger partial charge in [-0.25, -0.2) is 4.79 Å². The third-order valence-electron chi connectivity index (χ3n) is 3.31. The molecule has 0 saturated heterocycles. The minimum Gasteiger partial charge on any atom is -0.441 e. The van der Waals surface area contributed by atoms with E-state index in [2.05, 4.69) is 0 Å². The molecule has 0 fully saturated rings. The molecule has 0 heterocycles. The fourth-order valence-corrected chi connectivity index (χ4v) is 2.50. The molecular weight excluding hydrogens is 321 g/mol. The van der Waals surface area contributed by atoms with Crippen molar-refractivity contribution in [1.29, 1.82) is 0 Å². The lowest BCUT2D eigenvalue weighted by Crippen LogP contribution is -2.38. The first kappa shape index (κ1) is 16.7. The molecule has 0 aliphatic carbocycles. The predicted molar refractivity (Wildman–Crippen MR) is 88.7 cm³/mol. The van der Waals surface area contributed by atoms with Gasteiger partial charge in [0.15, 0.2) is 0 Å². The SMILES string of the molecule is CC(Cc1ccccc1)(Cc1ccccc1)OC(=O)N(Cl)Cl. The monoisotopic (exact) mass is 337 g/mol. The number of halogens is 2. The van der Waals surface area contributed by atoms with Gasteiger partial charge in [-0.2, -0.15) is 0 Å². The van der Waals surface area contributed by atoms with Crippen LogP contribution in [0.1, 0.15) is 18.1 Å². The summed E-state index contributed by atoms with van der Waals surface area (Å²) >= 11 is 10.9. The number of benzene rings is 2. The number of nitrogens with zero attached hydrogens (tertiary/aromatic N) is 1. The van der Waals surface area contributed by atoms with Gasteiger partial charge in [0, 0.05) is 36.4 Å². The maximum absolute atomic E-state index is 11.8. The van der Waals surface area contributed by atoms with Crippen LogP contribution in [0.5, 0.6) is 0 Å². The van der Waals surface area contributed by atoms with Crippen LogP contribution in [0, 0.1) is 0 Å². The zero-order chi connectivity index (χ0) is 16.0. The van der Waals surface area contributed by atoms with Crippen LogP contribution < -0.4 is 0 Å². The van der Waals surface area contributed by atoms with Crippen LogP contribution in [0.2, 0.25) is 0 Å². The standard InChI is InChI=1S/C17H17Cl2NO2/c1-17(22-16(21)20(18)19,12-14-8-4-2-5-9-14)13-15-10-6-3-7-11-15/h2-11H,12-13H2,1H3. The number of carbonyl (C=O) groups excluding carboxylic acids is 1. The lowest BCUT2D eigenvalue weighted by molar-refractivity contribution is 0.0213. The highest BCUT2D eigenvalue weighted by atomic mass is 35.5. The number of ether oxygens (including phenoxy) is 1. The van der Waals surface area contributed by atoms with Crippen LogP contribution in [0.25, 0.3) is 0 Å². The van der Waals surface area contributed by atoms with Crippen molar-refractivity contribution in [1.82, 2.24) is 3.94 Å². The van der Waals surface area contributed by atoms with Crippen molar-refractivity contribution >= 4 is 29.6 Å². The Kier molecular flexibility index (Phi) is 5.69. The highest BCUT2D eigenvalue weighted by molar-refractivity contribution is 6.40. The third-order valence-corrected chi connectivity index (χ3v) is 3.59. The summed E-state index contributed by atoms with van der Waals surface area (Å²) < 4.78 is 5.94. The number of rotatable bonds is 5. The maximum Gasteiger partial charge on any atom is 0.440 e. The van der Waals surface area contributed by atoms with E-state index >= 15 is 0 Å². The minimum absolute atomic E-state index is 0.411. The molecule has 0 atom stereocenters. The molecular formula is C17H17Cl2NO2. The van der Waals surface area contributed by atoms with Crippen molar-refractivity contribution in [2.24, 2.45) is 0 Å². The molecule has 2 aromatic rings. The van der Waals surface area contributed by atoms with Gasteiger partial charge in [0.1, 0.15) is 5.60 Å². The molecule has 0 aliphatic heterocycles. The highest BCUT2D eigenvalue weighted by Crippen LogP contribution is 2.25. The predicted octanol–water partition coefficient (Wildman–Crippen LogP) is 4.98. The Bertz CT molecular complexity index is 561. The van der Waals surface area contributed by atoms with Crippen molar-refractivity contribution in [2.75, 3.05) is 0 Å². The molecule has 2 aromatic carbocycles. The zero-order valence-corrected chi connectivity index (χ0v) is 13.7. The summed E-state index contributed by atoms with van der Waals surface area (Å²) in [7, 11) is 0. The second-order valence-corrected chi connectivity index (χ2v) is 6.22.